The number of nitrogens with one attached hydrogen (secondary N) is 1. The molecule has 3 atom stereocenters. The lowest BCUT2D eigenvalue weighted by atomic mass is 10.0. The number of aliphatic hydroxyl groups is 1. The first-order chi connectivity index (χ1) is 19.5. The number of hydrogen-bond acceptors (Lipinski definition) is 5. The molecule has 1 amide bonds. The summed E-state index contributed by atoms with van der Waals surface area (Å²) in [7, 11) is 1.62. The number of amides is 1. The van der Waals surface area contributed by atoms with Gasteiger partial charge in [-0.1, -0.05) is 129 Å². The van der Waals surface area contributed by atoms with Gasteiger partial charge in [-0.2, -0.15) is 0 Å². The minimum Gasteiger partial charge on any atom is -0.391 e. The van der Waals surface area contributed by atoms with Crippen LogP contribution < -0.4 is 5.32 Å². The van der Waals surface area contributed by atoms with E-state index < -0.39 is 20.0 Å². The van der Waals surface area contributed by atoms with Gasteiger partial charge in [-0.15, -0.1) is 0 Å². The predicted molar refractivity (Wildman–Crippen MR) is 171 cm³/mol. The van der Waals surface area contributed by atoms with Crippen molar-refractivity contribution in [3.05, 3.63) is 0 Å². The van der Waals surface area contributed by atoms with Crippen LogP contribution in [0, 0.1) is 0 Å². The number of phosphoric acid groups is 1. The molecule has 9 heteroatoms. The Bertz CT molecular complexity index is 659. The largest absolute Gasteiger partial charge is 0.472 e. The first-order valence-corrected chi connectivity index (χ1v) is 18.4. The second-order valence-electron chi connectivity index (χ2n) is 12.9. The van der Waals surface area contributed by atoms with Gasteiger partial charge in [0.25, 0.3) is 0 Å². The van der Waals surface area contributed by atoms with Crippen molar-refractivity contribution in [1.29, 1.82) is 0 Å². The fourth-order valence-electron chi connectivity index (χ4n) is 4.81. The maximum atomic E-state index is 12.7. The summed E-state index contributed by atoms with van der Waals surface area (Å²) in [5, 5.41) is 13.7. The van der Waals surface area contributed by atoms with Crippen LogP contribution in [0.15, 0.2) is 0 Å². The van der Waals surface area contributed by atoms with E-state index in [0.717, 1.165) is 38.5 Å². The number of quaternary nitrogens is 1. The van der Waals surface area contributed by atoms with Crippen LogP contribution in [0.2, 0.25) is 0 Å². The molecule has 8 nitrogen and oxygen atoms in total. The van der Waals surface area contributed by atoms with Crippen LogP contribution in [0.1, 0.15) is 149 Å². The van der Waals surface area contributed by atoms with Crippen LogP contribution in [0.4, 0.5) is 0 Å². The molecule has 0 radical (unpaired) electrons. The molecule has 0 rings (SSSR count). The average Bonchev–Trinajstić information content (AvgIpc) is 2.90. The number of unbranched alkanes of at least 4 members (excludes halogenated alkanes) is 17. The lowest BCUT2D eigenvalue weighted by Gasteiger charge is -2.26. The molecule has 0 aliphatic carbocycles. The lowest BCUT2D eigenvalue weighted by molar-refractivity contribution is -0.870. The van der Waals surface area contributed by atoms with Crippen molar-refractivity contribution in [3.8, 4) is 0 Å². The molecule has 1 unspecified atom stereocenters. The minimum absolute atomic E-state index is 0.0774. The van der Waals surface area contributed by atoms with Crippen LogP contribution in [-0.4, -0.2) is 73.4 Å². The van der Waals surface area contributed by atoms with Gasteiger partial charge in [-0.05, 0) is 12.8 Å². The summed E-state index contributed by atoms with van der Waals surface area (Å²) in [6.07, 6.45) is 22.7. The molecule has 41 heavy (non-hydrogen) atoms. The van der Waals surface area contributed by atoms with Crippen LogP contribution in [0.5, 0.6) is 0 Å². The average molecular weight is 608 g/mol. The third-order valence-electron chi connectivity index (χ3n) is 7.61. The monoisotopic (exact) mass is 607 g/mol. The molecule has 0 aliphatic rings. The summed E-state index contributed by atoms with van der Waals surface area (Å²) in [6, 6.07) is -0.748. The van der Waals surface area contributed by atoms with E-state index in [2.05, 4.69) is 19.2 Å². The van der Waals surface area contributed by atoms with E-state index >= 15 is 0 Å². The summed E-state index contributed by atoms with van der Waals surface area (Å²) >= 11 is 0. The van der Waals surface area contributed by atoms with Crippen molar-refractivity contribution in [2.24, 2.45) is 0 Å². The molecule has 246 valence electrons. The minimum atomic E-state index is -4.29. The summed E-state index contributed by atoms with van der Waals surface area (Å²) in [5.74, 6) is -0.150. The van der Waals surface area contributed by atoms with Gasteiger partial charge >= 0.3 is 7.82 Å². The van der Waals surface area contributed by atoms with Gasteiger partial charge in [0.1, 0.15) is 13.2 Å². The Hall–Kier alpha value is -0.500. The van der Waals surface area contributed by atoms with Crippen LogP contribution in [0.25, 0.3) is 0 Å². The Morgan fingerprint density at radius 2 is 1.17 bits per heavy atom. The molecule has 0 aromatic heterocycles. The molecular weight excluding hydrogens is 539 g/mol. The second kappa shape index (κ2) is 25.9. The number of rotatable bonds is 30. The molecule has 0 heterocycles. The Balaban J connectivity index is 4.51. The quantitative estimate of drug-likeness (QED) is 0.0435. The van der Waals surface area contributed by atoms with Gasteiger partial charge in [-0.25, -0.2) is 4.57 Å². The highest BCUT2D eigenvalue weighted by Gasteiger charge is 2.28. The zero-order valence-electron chi connectivity index (χ0n) is 27.5. The topological polar surface area (TPSA) is 105 Å². The summed E-state index contributed by atoms with van der Waals surface area (Å²) in [4.78, 5) is 22.8. The van der Waals surface area contributed by atoms with Crippen molar-refractivity contribution in [2.45, 2.75) is 161 Å². The highest BCUT2D eigenvalue weighted by Crippen LogP contribution is 2.43. The zero-order valence-corrected chi connectivity index (χ0v) is 28.4. The van der Waals surface area contributed by atoms with Crippen molar-refractivity contribution in [2.75, 3.05) is 40.9 Å². The maximum absolute atomic E-state index is 12.7. The van der Waals surface area contributed by atoms with Crippen LogP contribution in [-0.2, 0) is 18.4 Å². The van der Waals surface area contributed by atoms with Crippen LogP contribution in [0.3, 0.4) is 0 Å². The van der Waals surface area contributed by atoms with Gasteiger partial charge in [0.2, 0.25) is 5.91 Å². The van der Waals surface area contributed by atoms with Crippen molar-refractivity contribution in [3.63, 3.8) is 0 Å². The van der Waals surface area contributed by atoms with Gasteiger partial charge in [0.15, 0.2) is 0 Å². The molecule has 3 N–H and O–H groups in total. The van der Waals surface area contributed by atoms with E-state index in [-0.39, 0.29) is 19.1 Å². The van der Waals surface area contributed by atoms with Gasteiger partial charge < -0.3 is 19.8 Å². The van der Waals surface area contributed by atoms with E-state index in [1.54, 1.807) is 0 Å². The van der Waals surface area contributed by atoms with Gasteiger partial charge in [0, 0.05) is 6.42 Å². The highest BCUT2D eigenvalue weighted by atomic mass is 31.2. The Morgan fingerprint density at radius 1 is 0.732 bits per heavy atom. The number of nitrogens with zero attached hydrogens (tertiary/aromatic N) is 1. The molecule has 0 fully saturated rings. The molecular formula is C32H68N2O6P+. The molecule has 0 aliphatic heterocycles. The summed E-state index contributed by atoms with van der Waals surface area (Å²) in [6.45, 7) is 4.82. The number of likely N-dealkylation sites (N-methyl/N-ethyl adjacent to an activating group) is 1. The van der Waals surface area contributed by atoms with Gasteiger partial charge in [-0.3, -0.25) is 13.8 Å². The number of carbonyl (C=O) groups is 1. The normalized spacial score (nSPS) is 15.0. The standard InChI is InChI=1S/C32H67N2O6P/c1-6-8-10-12-14-16-17-18-20-22-24-26-32(36)33-30(29-40-41(37,38)39-28-27-34(3,4)5)31(35)25-23-21-19-15-13-11-9-7-2/h30-31,35H,6-29H2,1-5H3,(H-,33,36,37,38)/p+1/t30-,31+/m0/s1. The molecule has 0 saturated carbocycles. The van der Waals surface area contributed by atoms with Crippen molar-refractivity contribution >= 4 is 13.7 Å². The fourth-order valence-corrected chi connectivity index (χ4v) is 5.54. The van der Waals surface area contributed by atoms with E-state index in [4.69, 9.17) is 9.05 Å². The number of aliphatic hydroxyl groups excluding tert-OH is 1. The van der Waals surface area contributed by atoms with E-state index in [0.29, 0.717) is 23.9 Å². The Morgan fingerprint density at radius 3 is 1.63 bits per heavy atom. The predicted octanol–water partition coefficient (Wildman–Crippen LogP) is 7.90. The SMILES string of the molecule is CCCCCCCCCCCCCC(=O)N[C@@H](COP(=O)(O)OCC[N+](C)(C)C)[C@H](O)CCCCCCCCCC. The maximum Gasteiger partial charge on any atom is 0.472 e. The first-order valence-electron chi connectivity index (χ1n) is 16.9. The third kappa shape index (κ3) is 28.1. The molecule has 0 aromatic rings. The third-order valence-corrected chi connectivity index (χ3v) is 8.59. The smallest absolute Gasteiger partial charge is 0.391 e. The van der Waals surface area contributed by atoms with Gasteiger partial charge in [0.05, 0.1) is 39.9 Å². The molecule has 0 bridgehead atoms. The first kappa shape index (κ1) is 40.5. The number of hydrogen-bond donors (Lipinski definition) is 3. The summed E-state index contributed by atoms with van der Waals surface area (Å²) in [5.41, 5.74) is 0. The van der Waals surface area contributed by atoms with Crippen molar-refractivity contribution in [1.82, 2.24) is 5.32 Å². The van der Waals surface area contributed by atoms with Crippen molar-refractivity contribution < 1.29 is 32.9 Å². The molecule has 0 saturated heterocycles. The molecule has 0 aromatic carbocycles. The van der Waals surface area contributed by atoms with E-state index in [1.807, 2.05) is 21.1 Å². The Kier molecular flexibility index (Phi) is 25.6. The molecule has 0 spiro atoms. The van der Waals surface area contributed by atoms with E-state index in [1.165, 1.54) is 83.5 Å². The lowest BCUT2D eigenvalue weighted by Crippen LogP contribution is -2.46. The highest BCUT2D eigenvalue weighted by molar-refractivity contribution is 7.47. The Labute approximate surface area is 253 Å². The fraction of sp³-hybridized carbons (Fsp3) is 0.969. The summed E-state index contributed by atoms with van der Waals surface area (Å²) < 4.78 is 23.4. The number of carbonyl (C=O) groups excluding carboxylic acids is 1. The van der Waals surface area contributed by atoms with E-state index in [9.17, 15) is 19.4 Å². The zero-order chi connectivity index (χ0) is 30.8. The van der Waals surface area contributed by atoms with Crippen LogP contribution >= 0.6 is 7.82 Å². The number of phosphoric ester groups is 1. The second-order valence-corrected chi connectivity index (χ2v) is 14.4.